The summed E-state index contributed by atoms with van der Waals surface area (Å²) in [5.41, 5.74) is 2.52. The molecule has 0 amide bonds. The summed E-state index contributed by atoms with van der Waals surface area (Å²) in [6, 6.07) is 2.80. The lowest BCUT2D eigenvalue weighted by atomic mass is 10.7. The van der Waals surface area contributed by atoms with E-state index in [2.05, 4.69) is 64.2 Å². The molecule has 2 aromatic rings. The van der Waals surface area contributed by atoms with Gasteiger partial charge in [0.05, 0.1) is 0 Å². The van der Waals surface area contributed by atoms with Crippen molar-refractivity contribution in [1.29, 1.82) is 0 Å². The van der Waals surface area contributed by atoms with Gasteiger partial charge >= 0.3 is 0 Å². The summed E-state index contributed by atoms with van der Waals surface area (Å²) in [7, 11) is 1.82. The number of rotatable bonds is 1. The molecule has 0 saturated carbocycles. The first-order chi connectivity index (χ1) is 11.0. The van der Waals surface area contributed by atoms with Gasteiger partial charge in [0.25, 0.3) is 0 Å². The van der Waals surface area contributed by atoms with Crippen LogP contribution in [0, 0.1) is 18.9 Å². The van der Waals surface area contributed by atoms with Crippen molar-refractivity contribution in [3.63, 3.8) is 0 Å². The van der Waals surface area contributed by atoms with Gasteiger partial charge in [-0.2, -0.15) is 20.2 Å². The smallest absolute Gasteiger partial charge is 0.240 e. The summed E-state index contributed by atoms with van der Waals surface area (Å²) in [5, 5.41) is 12.6. The van der Waals surface area contributed by atoms with Crippen LogP contribution in [0.4, 0.5) is 5.95 Å². The molecule has 23 heavy (non-hydrogen) atoms. The quantitative estimate of drug-likeness (QED) is 0.524. The Balaban J connectivity index is 0.000000179. The molecule has 0 spiro atoms. The third kappa shape index (κ3) is 7.28. The Bertz CT molecular complexity index is 664. The maximum absolute atomic E-state index is 4.62. The average Bonchev–Trinajstić information content (AvgIpc) is 3.24. The van der Waals surface area contributed by atoms with Crippen molar-refractivity contribution >= 4 is 11.8 Å². The van der Waals surface area contributed by atoms with Gasteiger partial charge in [0.2, 0.25) is 11.8 Å². The first-order valence-electron chi connectivity index (χ1n) is 6.53. The van der Waals surface area contributed by atoms with Crippen molar-refractivity contribution in [3.8, 4) is 12.0 Å². The van der Waals surface area contributed by atoms with Crippen molar-refractivity contribution in [2.24, 2.45) is 4.99 Å². The minimum atomic E-state index is 0.428. The van der Waals surface area contributed by atoms with E-state index >= 15 is 0 Å². The van der Waals surface area contributed by atoms with Gasteiger partial charge in [-0.3, -0.25) is 10.00 Å². The van der Waals surface area contributed by atoms with Crippen molar-refractivity contribution in [1.82, 2.24) is 35.8 Å². The second-order valence-corrected chi connectivity index (χ2v) is 4.10. The third-order valence-corrected chi connectivity index (χ3v) is 2.14. The fourth-order valence-electron chi connectivity index (χ4n) is 1.21. The minimum Gasteiger partial charge on any atom is -0.361 e. The molecular weight excluding hydrogens is 298 g/mol. The normalized spacial score (nSPS) is 11.3. The van der Waals surface area contributed by atoms with Gasteiger partial charge in [-0.15, -0.1) is 0 Å². The average molecular weight is 317 g/mol. The molecular formula is C13H19N9O. The third-order valence-electron chi connectivity index (χ3n) is 2.14. The van der Waals surface area contributed by atoms with E-state index in [9.17, 15) is 0 Å². The monoisotopic (exact) mass is 317 g/mol. The van der Waals surface area contributed by atoms with Gasteiger partial charge in [0, 0.05) is 13.1 Å². The van der Waals surface area contributed by atoms with E-state index in [1.165, 1.54) is 12.7 Å². The van der Waals surface area contributed by atoms with E-state index in [1.54, 1.807) is 18.7 Å². The maximum Gasteiger partial charge on any atom is 0.240 e. The minimum absolute atomic E-state index is 0.428. The number of nitrogens with zero attached hydrogens (tertiary/aromatic N) is 6. The number of hydrogen-bond acceptors (Lipinski definition) is 8. The summed E-state index contributed by atoms with van der Waals surface area (Å²) in [4.78, 5) is 17.7. The zero-order valence-electron chi connectivity index (χ0n) is 13.5. The molecule has 3 heterocycles. The number of aromatic amines is 2. The van der Waals surface area contributed by atoms with Crippen molar-refractivity contribution in [2.75, 3.05) is 11.9 Å². The number of hydroxylamine groups is 1. The summed E-state index contributed by atoms with van der Waals surface area (Å²) in [6.45, 7) is 8.86. The first-order valence-corrected chi connectivity index (χ1v) is 6.53. The highest BCUT2D eigenvalue weighted by Gasteiger charge is 2.01. The van der Waals surface area contributed by atoms with Crippen molar-refractivity contribution < 1.29 is 4.84 Å². The fourth-order valence-corrected chi connectivity index (χ4v) is 1.21. The number of aliphatic imine (C=N–C) groups is 1. The Labute approximate surface area is 134 Å². The lowest BCUT2D eigenvalue weighted by molar-refractivity contribution is 0.178. The van der Waals surface area contributed by atoms with Crippen LogP contribution in [-0.4, -0.2) is 43.2 Å². The molecule has 0 aliphatic carbocycles. The van der Waals surface area contributed by atoms with Gasteiger partial charge < -0.3 is 4.84 Å². The van der Waals surface area contributed by atoms with Gasteiger partial charge in [0.15, 0.2) is 0 Å². The predicted octanol–water partition coefficient (Wildman–Crippen LogP) is 0.746. The molecule has 10 heteroatoms. The van der Waals surface area contributed by atoms with Crippen LogP contribution in [0.1, 0.15) is 19.7 Å². The number of aryl methyl sites for hydroxylation is 1. The van der Waals surface area contributed by atoms with E-state index in [0.717, 1.165) is 11.7 Å². The number of anilines is 1. The molecule has 0 atom stereocenters. The van der Waals surface area contributed by atoms with Gasteiger partial charge in [-0.25, -0.2) is 15.6 Å². The number of aromatic nitrogens is 6. The van der Waals surface area contributed by atoms with Crippen molar-refractivity contribution in [2.45, 2.75) is 20.8 Å². The Morgan fingerprint density at radius 2 is 1.87 bits per heavy atom. The standard InChI is InChI=1S/C6H8N4.C4H6N2O.C3H5N3/c1-3-4-10(2)6-7-5-8-9-6;1-3-5-4(2)7-6-3;1-3-4-2-5-6-3/h5H,1-2H3,(H,7,8,9);2H2,1H3,(H,5,6);2H,1H3,(H,4,5,6). The van der Waals surface area contributed by atoms with Crippen LogP contribution in [-0.2, 0) is 4.84 Å². The van der Waals surface area contributed by atoms with E-state index in [-0.39, 0.29) is 0 Å². The van der Waals surface area contributed by atoms with Crippen LogP contribution in [0.5, 0.6) is 0 Å². The van der Waals surface area contributed by atoms with Gasteiger partial charge in [0.1, 0.15) is 24.3 Å². The van der Waals surface area contributed by atoms with Crippen LogP contribution < -0.4 is 10.4 Å². The number of amidine groups is 1. The molecule has 2 aromatic heterocycles. The summed E-state index contributed by atoms with van der Waals surface area (Å²) in [6.07, 6.45) is 2.93. The highest BCUT2D eigenvalue weighted by Crippen LogP contribution is 1.98. The second-order valence-electron chi connectivity index (χ2n) is 4.10. The Hall–Kier alpha value is -3.35. The van der Waals surface area contributed by atoms with Crippen LogP contribution in [0.3, 0.4) is 0 Å². The van der Waals surface area contributed by atoms with Crippen LogP contribution in [0.2, 0.25) is 0 Å². The highest BCUT2D eigenvalue weighted by atomic mass is 16.7. The molecule has 0 bridgehead atoms. The molecule has 122 valence electrons. The molecule has 0 aromatic carbocycles. The lowest BCUT2D eigenvalue weighted by Gasteiger charge is -2.02. The molecule has 0 unspecified atom stereocenters. The molecule has 0 radical (unpaired) electrons. The van der Waals surface area contributed by atoms with Gasteiger partial charge in [-0.05, 0) is 27.4 Å². The number of H-pyrrole nitrogens is 2. The zero-order valence-corrected chi connectivity index (χ0v) is 13.5. The summed E-state index contributed by atoms with van der Waals surface area (Å²) >= 11 is 0. The largest absolute Gasteiger partial charge is 0.361 e. The zero-order chi connectivity index (χ0) is 17.1. The molecule has 3 N–H and O–H groups in total. The molecule has 1 aliphatic heterocycles. The van der Waals surface area contributed by atoms with Gasteiger partial charge in [-0.1, -0.05) is 5.92 Å². The lowest BCUT2D eigenvalue weighted by Crippen LogP contribution is -2.11. The first kappa shape index (κ1) is 17.7. The second kappa shape index (κ2) is 9.56. The van der Waals surface area contributed by atoms with Crippen LogP contribution in [0.15, 0.2) is 30.1 Å². The van der Waals surface area contributed by atoms with E-state index in [1.807, 2.05) is 14.0 Å². The number of nitrogens with one attached hydrogen (secondary N) is 3. The van der Waals surface area contributed by atoms with E-state index < -0.39 is 0 Å². The molecule has 10 nitrogen and oxygen atoms in total. The maximum atomic E-state index is 4.62. The fraction of sp³-hybridized carbons (Fsp3) is 0.308. The Kier molecular flexibility index (Phi) is 7.36. The van der Waals surface area contributed by atoms with E-state index in [4.69, 9.17) is 0 Å². The SMILES string of the molecule is C=C1N=C(C)NO1.CC#CN(C)c1ncn[nH]1.Cc1ncn[nH]1. The predicted molar refractivity (Wildman–Crippen MR) is 85.8 cm³/mol. The van der Waals surface area contributed by atoms with E-state index in [0.29, 0.717) is 11.8 Å². The molecule has 0 saturated heterocycles. The molecule has 0 fully saturated rings. The summed E-state index contributed by atoms with van der Waals surface area (Å²) in [5.74, 6) is 5.44. The molecule has 3 rings (SSSR count). The van der Waals surface area contributed by atoms with Crippen molar-refractivity contribution in [3.05, 3.63) is 30.9 Å². The van der Waals surface area contributed by atoms with Crippen LogP contribution >= 0.6 is 0 Å². The summed E-state index contributed by atoms with van der Waals surface area (Å²) < 4.78 is 0. The Morgan fingerprint density at radius 3 is 2.17 bits per heavy atom. The highest BCUT2D eigenvalue weighted by molar-refractivity contribution is 5.80. The molecule has 1 aliphatic rings. The van der Waals surface area contributed by atoms with Crippen LogP contribution in [0.25, 0.3) is 0 Å². The number of hydrogen-bond donors (Lipinski definition) is 3. The Morgan fingerprint density at radius 1 is 1.17 bits per heavy atom. The topological polar surface area (TPSA) is 120 Å².